The maximum absolute atomic E-state index is 12.0. The molecule has 7 heteroatoms. The number of piperazine rings is 1. The van der Waals surface area contributed by atoms with E-state index in [4.69, 9.17) is 11.6 Å². The number of halogens is 1. The zero-order valence-electron chi connectivity index (χ0n) is 16.5. The van der Waals surface area contributed by atoms with Crippen LogP contribution in [-0.4, -0.2) is 43.2 Å². The molecule has 1 fully saturated rings. The van der Waals surface area contributed by atoms with Gasteiger partial charge in [-0.2, -0.15) is 0 Å². The molecule has 1 aliphatic heterocycles. The number of benzene rings is 2. The first-order valence-corrected chi connectivity index (χ1v) is 10.3. The van der Waals surface area contributed by atoms with Crippen LogP contribution in [0.2, 0.25) is 5.02 Å². The molecular formula is C22H26ClN3O3. The van der Waals surface area contributed by atoms with Crippen LogP contribution < -0.4 is 15.1 Å². The number of hydrogen-bond donors (Lipinski definition) is 2. The predicted molar refractivity (Wildman–Crippen MR) is 117 cm³/mol. The number of anilines is 3. The Morgan fingerprint density at radius 2 is 1.59 bits per heavy atom. The normalized spacial score (nSPS) is 14.0. The van der Waals surface area contributed by atoms with Gasteiger partial charge in [0.15, 0.2) is 0 Å². The molecule has 154 valence electrons. The van der Waals surface area contributed by atoms with Gasteiger partial charge in [-0.3, -0.25) is 4.79 Å². The number of aromatic carboxylic acids is 1. The monoisotopic (exact) mass is 415 g/mol. The Balaban J connectivity index is 1.68. The molecule has 6 nitrogen and oxygen atoms in total. The minimum atomic E-state index is -1.04. The summed E-state index contributed by atoms with van der Waals surface area (Å²) in [5.41, 5.74) is 2.45. The van der Waals surface area contributed by atoms with E-state index in [9.17, 15) is 14.7 Å². The topological polar surface area (TPSA) is 72.9 Å². The Morgan fingerprint density at radius 3 is 2.17 bits per heavy atom. The van der Waals surface area contributed by atoms with Crippen LogP contribution in [0.1, 0.15) is 36.5 Å². The fourth-order valence-corrected chi connectivity index (χ4v) is 3.57. The quantitative estimate of drug-likeness (QED) is 0.696. The van der Waals surface area contributed by atoms with E-state index in [1.54, 1.807) is 12.1 Å². The molecule has 2 N–H and O–H groups in total. The van der Waals surface area contributed by atoms with E-state index in [1.165, 1.54) is 0 Å². The third kappa shape index (κ3) is 5.41. The molecule has 1 heterocycles. The molecule has 29 heavy (non-hydrogen) atoms. The van der Waals surface area contributed by atoms with Crippen LogP contribution in [0.25, 0.3) is 0 Å². The Kier molecular flexibility index (Phi) is 6.99. The molecule has 3 rings (SSSR count). The minimum Gasteiger partial charge on any atom is -0.478 e. The molecule has 0 unspecified atom stereocenters. The van der Waals surface area contributed by atoms with Gasteiger partial charge in [0.25, 0.3) is 0 Å². The number of hydrogen-bond acceptors (Lipinski definition) is 4. The van der Waals surface area contributed by atoms with Gasteiger partial charge in [0, 0.05) is 49.0 Å². The molecule has 1 aliphatic rings. The van der Waals surface area contributed by atoms with Crippen molar-refractivity contribution in [2.75, 3.05) is 41.3 Å². The molecule has 0 radical (unpaired) electrons. The van der Waals surface area contributed by atoms with Crippen molar-refractivity contribution < 1.29 is 14.7 Å². The number of carbonyl (C=O) groups is 2. The number of carbonyl (C=O) groups excluding carboxylic acids is 1. The summed E-state index contributed by atoms with van der Waals surface area (Å²) in [7, 11) is 0. The first kappa shape index (κ1) is 21.0. The second-order valence-corrected chi connectivity index (χ2v) is 7.57. The summed E-state index contributed by atoms with van der Waals surface area (Å²) in [5.74, 6) is -1.20. The molecule has 0 spiro atoms. The number of rotatable bonds is 7. The van der Waals surface area contributed by atoms with E-state index in [2.05, 4.69) is 15.1 Å². The largest absolute Gasteiger partial charge is 0.478 e. The van der Waals surface area contributed by atoms with Crippen LogP contribution in [0.3, 0.4) is 0 Å². The van der Waals surface area contributed by atoms with Crippen LogP contribution in [0.15, 0.2) is 42.5 Å². The molecule has 0 bridgehead atoms. The van der Waals surface area contributed by atoms with Crippen LogP contribution in [0.5, 0.6) is 0 Å². The van der Waals surface area contributed by atoms with Crippen LogP contribution in [0.4, 0.5) is 17.1 Å². The van der Waals surface area contributed by atoms with Gasteiger partial charge in [0.2, 0.25) is 5.91 Å². The van der Waals surface area contributed by atoms with Gasteiger partial charge in [0.1, 0.15) is 0 Å². The zero-order valence-corrected chi connectivity index (χ0v) is 17.3. The number of amides is 1. The number of nitrogens with zero attached hydrogens (tertiary/aromatic N) is 2. The van der Waals surface area contributed by atoms with Crippen LogP contribution >= 0.6 is 11.6 Å². The summed E-state index contributed by atoms with van der Waals surface area (Å²) in [6.07, 6.45) is 2.09. The third-order valence-electron chi connectivity index (χ3n) is 5.10. The van der Waals surface area contributed by atoms with Crippen LogP contribution in [0, 0.1) is 0 Å². The lowest BCUT2D eigenvalue weighted by Gasteiger charge is -2.37. The first-order valence-electron chi connectivity index (χ1n) is 9.90. The van der Waals surface area contributed by atoms with Crippen molar-refractivity contribution in [3.05, 3.63) is 53.1 Å². The van der Waals surface area contributed by atoms with Crippen molar-refractivity contribution >= 4 is 40.5 Å². The van der Waals surface area contributed by atoms with Gasteiger partial charge in [0.05, 0.1) is 11.3 Å². The molecule has 0 saturated carbocycles. The SMILES string of the molecule is CCCCC(=O)Nc1ccc(N2CCN(c3ccc(Cl)cc3)CC2)cc1C(=O)O. The summed E-state index contributed by atoms with van der Waals surface area (Å²) in [6.45, 7) is 5.24. The Hall–Kier alpha value is -2.73. The standard InChI is InChI=1S/C22H26ClN3O3/c1-2-3-4-21(27)24-20-10-9-18(15-19(20)22(28)29)26-13-11-25(12-14-26)17-7-5-16(23)6-8-17/h5-10,15H,2-4,11-14H2,1H3,(H,24,27)(H,28,29). The summed E-state index contributed by atoms with van der Waals surface area (Å²) in [4.78, 5) is 28.2. The first-order chi connectivity index (χ1) is 14.0. The Morgan fingerprint density at radius 1 is 1.00 bits per heavy atom. The van der Waals surface area contributed by atoms with Crippen molar-refractivity contribution in [2.24, 2.45) is 0 Å². The lowest BCUT2D eigenvalue weighted by molar-refractivity contribution is -0.116. The third-order valence-corrected chi connectivity index (χ3v) is 5.35. The van der Waals surface area contributed by atoms with Crippen LogP contribution in [-0.2, 0) is 4.79 Å². The zero-order chi connectivity index (χ0) is 20.8. The number of carboxylic acids is 1. The van der Waals surface area contributed by atoms with E-state index >= 15 is 0 Å². The van der Waals surface area contributed by atoms with Gasteiger partial charge >= 0.3 is 5.97 Å². The van der Waals surface area contributed by atoms with Crippen molar-refractivity contribution in [1.29, 1.82) is 0 Å². The predicted octanol–water partition coefficient (Wildman–Crippen LogP) is 4.49. The molecule has 0 aliphatic carbocycles. The highest BCUT2D eigenvalue weighted by Gasteiger charge is 2.20. The van der Waals surface area contributed by atoms with Crippen molar-refractivity contribution in [2.45, 2.75) is 26.2 Å². The van der Waals surface area contributed by atoms with Crippen molar-refractivity contribution in [3.63, 3.8) is 0 Å². The van der Waals surface area contributed by atoms with Gasteiger partial charge in [-0.25, -0.2) is 4.79 Å². The summed E-state index contributed by atoms with van der Waals surface area (Å²) in [6, 6.07) is 13.0. The number of unbranched alkanes of at least 4 members (excludes halogenated alkanes) is 1. The van der Waals surface area contributed by atoms with Gasteiger partial charge in [-0.05, 0) is 48.9 Å². The number of carboxylic acid groups (broad SMARTS) is 1. The molecule has 2 aromatic carbocycles. The molecular weight excluding hydrogens is 390 g/mol. The second-order valence-electron chi connectivity index (χ2n) is 7.14. The van der Waals surface area contributed by atoms with E-state index in [1.807, 2.05) is 37.3 Å². The minimum absolute atomic E-state index is 0.118. The summed E-state index contributed by atoms with van der Waals surface area (Å²) < 4.78 is 0. The average Bonchev–Trinajstić information content (AvgIpc) is 2.73. The van der Waals surface area contributed by atoms with Gasteiger partial charge in [-0.15, -0.1) is 0 Å². The van der Waals surface area contributed by atoms with Gasteiger partial charge < -0.3 is 20.2 Å². The Bertz CT molecular complexity index is 862. The second kappa shape index (κ2) is 9.65. The number of nitrogens with one attached hydrogen (secondary N) is 1. The fraction of sp³-hybridized carbons (Fsp3) is 0.364. The molecule has 1 saturated heterocycles. The van der Waals surface area contributed by atoms with E-state index in [-0.39, 0.29) is 11.5 Å². The molecule has 2 aromatic rings. The van der Waals surface area contributed by atoms with E-state index < -0.39 is 5.97 Å². The Labute approximate surface area is 176 Å². The highest BCUT2D eigenvalue weighted by Crippen LogP contribution is 2.26. The molecule has 0 atom stereocenters. The highest BCUT2D eigenvalue weighted by molar-refractivity contribution is 6.30. The van der Waals surface area contributed by atoms with Gasteiger partial charge in [-0.1, -0.05) is 24.9 Å². The van der Waals surface area contributed by atoms with Crippen molar-refractivity contribution in [3.8, 4) is 0 Å². The lowest BCUT2D eigenvalue weighted by Crippen LogP contribution is -2.46. The average molecular weight is 416 g/mol. The molecule has 0 aromatic heterocycles. The summed E-state index contributed by atoms with van der Waals surface area (Å²) in [5, 5.41) is 13.1. The maximum Gasteiger partial charge on any atom is 0.337 e. The molecule has 1 amide bonds. The van der Waals surface area contributed by atoms with Crippen molar-refractivity contribution in [1.82, 2.24) is 0 Å². The maximum atomic E-state index is 12.0. The lowest BCUT2D eigenvalue weighted by atomic mass is 10.1. The van der Waals surface area contributed by atoms with E-state index in [0.29, 0.717) is 12.1 Å². The highest BCUT2D eigenvalue weighted by atomic mass is 35.5. The fourth-order valence-electron chi connectivity index (χ4n) is 3.44. The summed E-state index contributed by atoms with van der Waals surface area (Å²) >= 11 is 5.96. The van der Waals surface area contributed by atoms with E-state index in [0.717, 1.165) is 55.4 Å². The smallest absolute Gasteiger partial charge is 0.337 e.